The first kappa shape index (κ1) is 15.7. The predicted octanol–water partition coefficient (Wildman–Crippen LogP) is 1.36. The van der Waals surface area contributed by atoms with Crippen LogP contribution < -0.4 is 4.72 Å². The fourth-order valence-corrected chi connectivity index (χ4v) is 3.76. The van der Waals surface area contributed by atoms with Crippen LogP contribution in [0.4, 0.5) is 0 Å². The number of aryl methyl sites for hydroxylation is 1. The molecule has 0 spiro atoms. The molecule has 0 aliphatic carbocycles. The van der Waals surface area contributed by atoms with E-state index in [9.17, 15) is 13.2 Å². The third kappa shape index (κ3) is 3.90. The van der Waals surface area contributed by atoms with Gasteiger partial charge < -0.3 is 9.72 Å². The van der Waals surface area contributed by atoms with Crippen molar-refractivity contribution in [2.24, 2.45) is 0 Å². The molecule has 0 saturated heterocycles. The van der Waals surface area contributed by atoms with Gasteiger partial charge in [0.25, 0.3) is 10.0 Å². The lowest BCUT2D eigenvalue weighted by Gasteiger charge is -2.15. The van der Waals surface area contributed by atoms with Gasteiger partial charge in [0.2, 0.25) is 0 Å². The van der Waals surface area contributed by atoms with E-state index in [1.165, 1.54) is 24.6 Å². The summed E-state index contributed by atoms with van der Waals surface area (Å²) < 4.78 is 31.7. The number of ether oxygens (including phenoxy) is 1. The second-order valence-electron chi connectivity index (χ2n) is 4.30. The number of H-pyrrole nitrogens is 1. The Kier molecular flexibility index (Phi) is 4.76. The molecule has 1 unspecified atom stereocenters. The number of carbonyl (C=O) groups is 1. The van der Waals surface area contributed by atoms with Gasteiger partial charge in [-0.1, -0.05) is 6.07 Å². The molecular weight excluding hydrogens is 314 g/mol. The number of hydrogen-bond donors (Lipinski definition) is 2. The number of nitrogens with one attached hydrogen (secondary N) is 2. The van der Waals surface area contributed by atoms with Gasteiger partial charge in [-0.25, -0.2) is 18.1 Å². The molecule has 0 saturated carbocycles. The number of thiophene rings is 1. The van der Waals surface area contributed by atoms with Crippen molar-refractivity contribution in [1.29, 1.82) is 0 Å². The summed E-state index contributed by atoms with van der Waals surface area (Å²) in [5, 5.41) is 1.78. The van der Waals surface area contributed by atoms with Gasteiger partial charge in [-0.15, -0.1) is 11.3 Å². The molecule has 2 aromatic heterocycles. The summed E-state index contributed by atoms with van der Waals surface area (Å²) in [7, 11) is -2.52. The van der Waals surface area contributed by atoms with Crippen LogP contribution in [0.25, 0.3) is 0 Å². The van der Waals surface area contributed by atoms with E-state index >= 15 is 0 Å². The zero-order chi connectivity index (χ0) is 15.5. The molecule has 1 atom stereocenters. The Balaban J connectivity index is 2.24. The lowest BCUT2D eigenvalue weighted by molar-refractivity contribution is -0.141. The highest BCUT2D eigenvalue weighted by Gasteiger charge is 2.25. The number of hydrogen-bond acceptors (Lipinski definition) is 6. The highest BCUT2D eigenvalue weighted by atomic mass is 32.2. The van der Waals surface area contributed by atoms with Crippen molar-refractivity contribution in [2.75, 3.05) is 7.11 Å². The van der Waals surface area contributed by atoms with Crippen LogP contribution in [0.3, 0.4) is 0 Å². The summed E-state index contributed by atoms with van der Waals surface area (Å²) in [5.41, 5.74) is 0. The first-order chi connectivity index (χ1) is 9.92. The fraction of sp³-hybridized carbons (Fsp3) is 0.333. The molecule has 114 valence electrons. The average Bonchev–Trinajstić information content (AvgIpc) is 3.08. The molecule has 2 N–H and O–H groups in total. The lowest BCUT2D eigenvalue weighted by Crippen LogP contribution is -2.30. The van der Waals surface area contributed by atoms with Gasteiger partial charge in [-0.2, -0.15) is 0 Å². The van der Waals surface area contributed by atoms with Crippen molar-refractivity contribution in [3.63, 3.8) is 0 Å². The summed E-state index contributed by atoms with van der Waals surface area (Å²) in [6.45, 7) is 1.66. The maximum atomic E-state index is 12.3. The zero-order valence-corrected chi connectivity index (χ0v) is 13.1. The number of aromatic amines is 1. The van der Waals surface area contributed by atoms with Crippen LogP contribution in [0, 0.1) is 6.92 Å². The summed E-state index contributed by atoms with van der Waals surface area (Å²) >= 11 is 1.36. The molecule has 0 aliphatic heterocycles. The highest BCUT2D eigenvalue weighted by Crippen LogP contribution is 2.24. The van der Waals surface area contributed by atoms with E-state index in [-0.39, 0.29) is 11.4 Å². The maximum Gasteiger partial charge on any atom is 0.307 e. The number of aromatic nitrogens is 2. The Hall–Kier alpha value is -1.71. The summed E-state index contributed by atoms with van der Waals surface area (Å²) in [5.74, 6) is 0.00732. The van der Waals surface area contributed by atoms with Gasteiger partial charge in [0, 0.05) is 4.88 Å². The van der Waals surface area contributed by atoms with Crippen LogP contribution >= 0.6 is 11.3 Å². The number of imidazole rings is 1. The van der Waals surface area contributed by atoms with E-state index in [1.54, 1.807) is 19.1 Å². The summed E-state index contributed by atoms with van der Waals surface area (Å²) in [6, 6.07) is 2.88. The quantitative estimate of drug-likeness (QED) is 0.779. The van der Waals surface area contributed by atoms with E-state index in [4.69, 9.17) is 0 Å². The predicted molar refractivity (Wildman–Crippen MR) is 77.3 cm³/mol. The maximum absolute atomic E-state index is 12.3. The van der Waals surface area contributed by atoms with Gasteiger partial charge >= 0.3 is 5.97 Å². The normalized spacial score (nSPS) is 13.0. The molecule has 0 amide bonds. The van der Waals surface area contributed by atoms with E-state index in [1.807, 2.05) is 5.38 Å². The van der Waals surface area contributed by atoms with Crippen LogP contribution in [0.15, 0.2) is 28.7 Å². The molecule has 9 heteroatoms. The number of methoxy groups -OCH3 is 1. The smallest absolute Gasteiger partial charge is 0.307 e. The van der Waals surface area contributed by atoms with Crippen LogP contribution in [0.5, 0.6) is 0 Å². The van der Waals surface area contributed by atoms with Crippen LogP contribution in [-0.2, 0) is 19.6 Å². The Morgan fingerprint density at radius 1 is 1.57 bits per heavy atom. The van der Waals surface area contributed by atoms with E-state index < -0.39 is 22.0 Å². The third-order valence-corrected chi connectivity index (χ3v) is 5.12. The van der Waals surface area contributed by atoms with E-state index in [2.05, 4.69) is 19.4 Å². The molecule has 0 radical (unpaired) electrons. The van der Waals surface area contributed by atoms with Crippen LogP contribution in [0.1, 0.15) is 23.2 Å². The van der Waals surface area contributed by atoms with Crippen molar-refractivity contribution in [3.8, 4) is 0 Å². The Labute approximate surface area is 126 Å². The highest BCUT2D eigenvalue weighted by molar-refractivity contribution is 7.89. The summed E-state index contributed by atoms with van der Waals surface area (Å²) in [4.78, 5) is 18.7. The van der Waals surface area contributed by atoms with Crippen molar-refractivity contribution < 1.29 is 17.9 Å². The molecule has 0 fully saturated rings. The molecule has 2 rings (SSSR count). The number of esters is 1. The number of nitrogens with zero attached hydrogens (tertiary/aromatic N) is 1. The van der Waals surface area contributed by atoms with Gasteiger partial charge in [-0.05, 0) is 18.4 Å². The molecule has 0 aromatic carbocycles. The van der Waals surface area contributed by atoms with E-state index in [0.717, 1.165) is 4.88 Å². The molecule has 2 aromatic rings. The second-order valence-corrected chi connectivity index (χ2v) is 6.96. The van der Waals surface area contributed by atoms with Crippen molar-refractivity contribution in [1.82, 2.24) is 14.7 Å². The number of carbonyl (C=O) groups excluding carboxylic acids is 1. The van der Waals surface area contributed by atoms with Gasteiger partial charge in [0.05, 0.1) is 25.8 Å². The number of sulfonamides is 1. The van der Waals surface area contributed by atoms with Crippen LogP contribution in [0.2, 0.25) is 0 Å². The standard InChI is InChI=1S/C12H15N3O4S2/c1-8-13-7-11(14-8)21(17,18)15-9(6-12(16)19-2)10-4-3-5-20-10/h3-5,7,9,15H,6H2,1-2H3,(H,13,14). The Bertz CT molecular complexity index is 707. The SMILES string of the molecule is COC(=O)CC(NS(=O)(=O)c1cnc(C)[nH]1)c1cccs1. The van der Waals surface area contributed by atoms with E-state index in [0.29, 0.717) is 5.82 Å². The molecule has 21 heavy (non-hydrogen) atoms. The van der Waals surface area contributed by atoms with Gasteiger partial charge in [-0.3, -0.25) is 4.79 Å². The minimum Gasteiger partial charge on any atom is -0.469 e. The molecule has 0 bridgehead atoms. The Morgan fingerprint density at radius 2 is 2.33 bits per heavy atom. The largest absolute Gasteiger partial charge is 0.469 e. The average molecular weight is 329 g/mol. The number of rotatable bonds is 6. The lowest BCUT2D eigenvalue weighted by atomic mass is 10.2. The van der Waals surface area contributed by atoms with Gasteiger partial charge in [0.1, 0.15) is 5.82 Å². The topological polar surface area (TPSA) is 101 Å². The monoisotopic (exact) mass is 329 g/mol. The van der Waals surface area contributed by atoms with Gasteiger partial charge in [0.15, 0.2) is 5.03 Å². The molecule has 7 nitrogen and oxygen atoms in total. The third-order valence-electron chi connectivity index (χ3n) is 2.75. The van der Waals surface area contributed by atoms with Crippen molar-refractivity contribution in [2.45, 2.75) is 24.4 Å². The Morgan fingerprint density at radius 3 is 2.86 bits per heavy atom. The molecule has 2 heterocycles. The minimum atomic E-state index is -3.79. The first-order valence-electron chi connectivity index (χ1n) is 6.06. The molecule has 0 aliphatic rings. The fourth-order valence-electron chi connectivity index (χ4n) is 1.73. The summed E-state index contributed by atoms with van der Waals surface area (Å²) in [6.07, 6.45) is 1.16. The zero-order valence-electron chi connectivity index (χ0n) is 11.5. The van der Waals surface area contributed by atoms with Crippen molar-refractivity contribution in [3.05, 3.63) is 34.4 Å². The van der Waals surface area contributed by atoms with Crippen LogP contribution in [-0.4, -0.2) is 31.5 Å². The second kappa shape index (κ2) is 6.37. The van der Waals surface area contributed by atoms with Crippen molar-refractivity contribution >= 4 is 27.3 Å². The first-order valence-corrected chi connectivity index (χ1v) is 8.43. The minimum absolute atomic E-state index is 0.0357. The molecular formula is C12H15N3O4S2.